The van der Waals surface area contributed by atoms with Gasteiger partial charge in [0.05, 0.1) is 11.0 Å². The van der Waals surface area contributed by atoms with Crippen molar-refractivity contribution in [2.24, 2.45) is 10.8 Å². The molecule has 0 saturated carbocycles. The van der Waals surface area contributed by atoms with E-state index >= 15 is 0 Å². The smallest absolute Gasteiger partial charge is 0.316 e. The Bertz CT molecular complexity index is 736. The first-order valence-electron chi connectivity index (χ1n) is 10.6. The number of rotatable bonds is 8. The highest BCUT2D eigenvalue weighted by molar-refractivity contribution is 6.22. The summed E-state index contributed by atoms with van der Waals surface area (Å²) in [5.74, 6) is 0.370. The molecule has 1 aromatic rings. The third-order valence-corrected chi connectivity index (χ3v) is 5.60. The number of allylic oxidation sites excluding steroid dienone is 2. The van der Waals surface area contributed by atoms with Crippen molar-refractivity contribution in [3.05, 3.63) is 41.2 Å². The van der Waals surface area contributed by atoms with Crippen molar-refractivity contribution in [2.75, 3.05) is 0 Å². The SMILES string of the molecule is CCCCCCC(C)(C)C(=O)OC1=C(c2ccc(C)cc2)C(=O)CC(C)(C)C1. The zero-order valence-corrected chi connectivity index (χ0v) is 18.5. The third kappa shape index (κ3) is 5.80. The quantitative estimate of drug-likeness (QED) is 0.373. The van der Waals surface area contributed by atoms with Crippen molar-refractivity contribution < 1.29 is 14.3 Å². The van der Waals surface area contributed by atoms with Gasteiger partial charge in [0.2, 0.25) is 0 Å². The lowest BCUT2D eigenvalue weighted by atomic mass is 9.75. The number of hydrogen-bond donors (Lipinski definition) is 0. The van der Waals surface area contributed by atoms with Gasteiger partial charge in [-0.25, -0.2) is 0 Å². The van der Waals surface area contributed by atoms with Crippen molar-refractivity contribution in [3.8, 4) is 0 Å². The highest BCUT2D eigenvalue weighted by Gasteiger charge is 2.38. The molecule has 0 fully saturated rings. The molecule has 1 aliphatic carbocycles. The maximum atomic E-state index is 13.0. The van der Waals surface area contributed by atoms with Crippen LogP contribution in [0.2, 0.25) is 0 Å². The Kier molecular flexibility index (Phi) is 7.25. The molecular formula is C25H36O3. The van der Waals surface area contributed by atoms with E-state index in [0.29, 0.717) is 24.2 Å². The summed E-state index contributed by atoms with van der Waals surface area (Å²) in [6.07, 6.45) is 6.39. The molecule has 3 nitrogen and oxygen atoms in total. The number of carbonyl (C=O) groups excluding carboxylic acids is 2. The van der Waals surface area contributed by atoms with Gasteiger partial charge in [0.15, 0.2) is 5.78 Å². The summed E-state index contributed by atoms with van der Waals surface area (Å²) in [7, 11) is 0. The van der Waals surface area contributed by atoms with E-state index in [4.69, 9.17) is 4.74 Å². The summed E-state index contributed by atoms with van der Waals surface area (Å²) >= 11 is 0. The van der Waals surface area contributed by atoms with Crippen molar-refractivity contribution in [1.82, 2.24) is 0 Å². The van der Waals surface area contributed by atoms with Gasteiger partial charge in [0.25, 0.3) is 0 Å². The van der Waals surface area contributed by atoms with E-state index in [-0.39, 0.29) is 17.2 Å². The number of aryl methyl sites for hydroxylation is 1. The van der Waals surface area contributed by atoms with E-state index in [0.717, 1.165) is 30.4 Å². The number of unbranched alkanes of at least 4 members (excludes halogenated alkanes) is 3. The van der Waals surface area contributed by atoms with Gasteiger partial charge >= 0.3 is 5.97 Å². The van der Waals surface area contributed by atoms with Gasteiger partial charge in [-0.15, -0.1) is 0 Å². The fourth-order valence-corrected chi connectivity index (χ4v) is 3.74. The molecule has 28 heavy (non-hydrogen) atoms. The first-order valence-corrected chi connectivity index (χ1v) is 10.6. The molecule has 3 heteroatoms. The minimum Gasteiger partial charge on any atom is -0.430 e. The lowest BCUT2D eigenvalue weighted by molar-refractivity contribution is -0.150. The van der Waals surface area contributed by atoms with Gasteiger partial charge in [-0.05, 0) is 38.2 Å². The maximum absolute atomic E-state index is 13.0. The lowest BCUT2D eigenvalue weighted by Crippen LogP contribution is -2.31. The Balaban J connectivity index is 2.28. The summed E-state index contributed by atoms with van der Waals surface area (Å²) < 4.78 is 5.94. The lowest BCUT2D eigenvalue weighted by Gasteiger charge is -2.33. The second-order valence-electron chi connectivity index (χ2n) is 9.69. The summed E-state index contributed by atoms with van der Waals surface area (Å²) in [6, 6.07) is 7.88. The van der Waals surface area contributed by atoms with Crippen molar-refractivity contribution in [3.63, 3.8) is 0 Å². The van der Waals surface area contributed by atoms with E-state index in [1.54, 1.807) is 0 Å². The number of benzene rings is 1. The summed E-state index contributed by atoms with van der Waals surface area (Å²) in [5.41, 5.74) is 1.81. The molecule has 1 aromatic carbocycles. The van der Waals surface area contributed by atoms with Gasteiger partial charge in [0.1, 0.15) is 5.76 Å². The van der Waals surface area contributed by atoms with Crippen LogP contribution < -0.4 is 0 Å². The van der Waals surface area contributed by atoms with Crippen LogP contribution in [0, 0.1) is 17.8 Å². The highest BCUT2D eigenvalue weighted by Crippen LogP contribution is 2.42. The van der Waals surface area contributed by atoms with Crippen LogP contribution in [0.1, 0.15) is 90.7 Å². The molecule has 0 aliphatic heterocycles. The molecule has 0 bridgehead atoms. The van der Waals surface area contributed by atoms with Crippen LogP contribution in [-0.4, -0.2) is 11.8 Å². The van der Waals surface area contributed by atoms with Crippen LogP contribution in [0.5, 0.6) is 0 Å². The Morgan fingerprint density at radius 2 is 1.71 bits per heavy atom. The Morgan fingerprint density at radius 1 is 1.07 bits per heavy atom. The van der Waals surface area contributed by atoms with Crippen molar-refractivity contribution >= 4 is 17.3 Å². The minimum atomic E-state index is -0.552. The summed E-state index contributed by atoms with van der Waals surface area (Å²) in [4.78, 5) is 25.9. The monoisotopic (exact) mass is 384 g/mol. The zero-order chi connectivity index (χ0) is 20.9. The van der Waals surface area contributed by atoms with Gasteiger partial charge < -0.3 is 4.74 Å². The van der Waals surface area contributed by atoms with E-state index < -0.39 is 5.41 Å². The van der Waals surface area contributed by atoms with Crippen LogP contribution in [0.4, 0.5) is 0 Å². The molecule has 0 radical (unpaired) electrons. The number of ether oxygens (including phenoxy) is 1. The molecule has 0 amide bonds. The van der Waals surface area contributed by atoms with Gasteiger partial charge in [-0.1, -0.05) is 76.3 Å². The van der Waals surface area contributed by atoms with Crippen LogP contribution in [0.3, 0.4) is 0 Å². The first kappa shape index (κ1) is 22.4. The standard InChI is InChI=1S/C25H36O3/c1-7-8-9-10-15-25(5,6)23(27)28-21-17-24(3,4)16-20(26)22(21)19-13-11-18(2)12-14-19/h11-14H,7-10,15-17H2,1-6H3. The van der Waals surface area contributed by atoms with Crippen LogP contribution in [0.15, 0.2) is 30.0 Å². The normalized spacial score (nSPS) is 17.0. The molecule has 0 unspecified atom stereocenters. The topological polar surface area (TPSA) is 43.4 Å². The molecule has 0 heterocycles. The third-order valence-electron chi connectivity index (χ3n) is 5.60. The number of esters is 1. The molecule has 1 aliphatic rings. The van der Waals surface area contributed by atoms with E-state index in [9.17, 15) is 9.59 Å². The predicted octanol–water partition coefficient (Wildman–Crippen LogP) is 6.64. The fraction of sp³-hybridized carbons (Fsp3) is 0.600. The van der Waals surface area contributed by atoms with E-state index in [1.807, 2.05) is 45.0 Å². The fourth-order valence-electron chi connectivity index (χ4n) is 3.74. The molecule has 154 valence electrons. The van der Waals surface area contributed by atoms with Gasteiger partial charge in [0, 0.05) is 12.8 Å². The molecule has 0 atom stereocenters. The number of carbonyl (C=O) groups is 2. The molecule has 0 N–H and O–H groups in total. The van der Waals surface area contributed by atoms with Gasteiger partial charge in [-0.2, -0.15) is 0 Å². The summed E-state index contributed by atoms with van der Waals surface area (Å²) in [6.45, 7) is 12.2. The highest BCUT2D eigenvalue weighted by atomic mass is 16.5. The van der Waals surface area contributed by atoms with Crippen molar-refractivity contribution in [1.29, 1.82) is 0 Å². The molecule has 2 rings (SSSR count). The number of hydrogen-bond acceptors (Lipinski definition) is 3. The molecule has 0 saturated heterocycles. The largest absolute Gasteiger partial charge is 0.430 e. The number of ketones is 1. The van der Waals surface area contributed by atoms with E-state index in [1.165, 1.54) is 12.8 Å². The minimum absolute atomic E-state index is 0.0589. The Hall–Kier alpha value is -1.90. The van der Waals surface area contributed by atoms with E-state index in [2.05, 4.69) is 20.8 Å². The summed E-state index contributed by atoms with van der Waals surface area (Å²) in [5, 5.41) is 0. The predicted molar refractivity (Wildman–Crippen MR) is 115 cm³/mol. The van der Waals surface area contributed by atoms with Crippen LogP contribution in [0.25, 0.3) is 5.57 Å². The first-order chi connectivity index (χ1) is 13.1. The molecule has 0 spiro atoms. The second kappa shape index (κ2) is 9.07. The second-order valence-corrected chi connectivity index (χ2v) is 9.69. The zero-order valence-electron chi connectivity index (χ0n) is 18.5. The Morgan fingerprint density at radius 3 is 2.32 bits per heavy atom. The number of Topliss-reactive ketones (excluding diaryl/α,β-unsaturated/α-hetero) is 1. The van der Waals surface area contributed by atoms with Crippen molar-refractivity contribution in [2.45, 2.75) is 86.5 Å². The molecule has 0 aromatic heterocycles. The molecular weight excluding hydrogens is 348 g/mol. The average molecular weight is 385 g/mol. The Labute approximate surface area is 170 Å². The van der Waals surface area contributed by atoms with Crippen LogP contribution >= 0.6 is 0 Å². The van der Waals surface area contributed by atoms with Crippen LogP contribution in [-0.2, 0) is 14.3 Å². The average Bonchev–Trinajstić information content (AvgIpc) is 2.59. The maximum Gasteiger partial charge on any atom is 0.316 e. The van der Waals surface area contributed by atoms with Gasteiger partial charge in [-0.3, -0.25) is 9.59 Å².